The van der Waals surface area contributed by atoms with Crippen molar-refractivity contribution in [3.63, 3.8) is 0 Å². The molecule has 0 aromatic rings. The number of carbonyl (C=O) groups is 4. The zero-order valence-corrected chi connectivity index (χ0v) is 30.1. The van der Waals surface area contributed by atoms with E-state index in [9.17, 15) is 54.2 Å². The van der Waals surface area contributed by atoms with E-state index in [1.165, 1.54) is 25.7 Å². The summed E-state index contributed by atoms with van der Waals surface area (Å²) >= 11 is 0. The summed E-state index contributed by atoms with van der Waals surface area (Å²) in [5.74, 6) is -3.66. The van der Waals surface area contributed by atoms with Crippen molar-refractivity contribution in [2.75, 3.05) is 19.8 Å². The Morgan fingerprint density at radius 3 is 1.98 bits per heavy atom. The topological polar surface area (TPSA) is 335 Å². The minimum absolute atomic E-state index is 0.00557. The highest BCUT2D eigenvalue weighted by Crippen LogP contribution is 2.47. The molecule has 3 amide bonds. The van der Waals surface area contributed by atoms with Crippen LogP contribution in [0.1, 0.15) is 78.1 Å². The lowest BCUT2D eigenvalue weighted by molar-refractivity contribution is -0.339. The Morgan fingerprint density at radius 1 is 0.865 bits per heavy atom. The van der Waals surface area contributed by atoms with Gasteiger partial charge in [-0.15, -0.1) is 0 Å². The van der Waals surface area contributed by atoms with Crippen LogP contribution in [0.4, 0.5) is 4.79 Å². The van der Waals surface area contributed by atoms with Crippen molar-refractivity contribution in [3.05, 3.63) is 0 Å². The van der Waals surface area contributed by atoms with Gasteiger partial charge in [-0.25, -0.2) is 14.2 Å². The fourth-order valence-electron chi connectivity index (χ4n) is 5.63. The number of nitrogens with two attached hydrogens (primary N) is 2. The second-order valence-electron chi connectivity index (χ2n) is 12.5. The highest BCUT2D eigenvalue weighted by atomic mass is 31.2. The van der Waals surface area contributed by atoms with Gasteiger partial charge in [0.2, 0.25) is 11.8 Å². The third-order valence-corrected chi connectivity index (χ3v) is 9.26. The van der Waals surface area contributed by atoms with Crippen molar-refractivity contribution >= 4 is 31.7 Å². The van der Waals surface area contributed by atoms with E-state index in [0.29, 0.717) is 6.42 Å². The lowest BCUT2D eigenvalue weighted by Crippen LogP contribution is -2.68. The molecule has 0 aromatic heterocycles. The van der Waals surface area contributed by atoms with Gasteiger partial charge in [-0.05, 0) is 6.42 Å². The number of carboxylic acids is 1. The zero-order chi connectivity index (χ0) is 39.0. The molecule has 2 aliphatic rings. The van der Waals surface area contributed by atoms with Gasteiger partial charge in [0.15, 0.2) is 37.0 Å². The first-order valence-electron chi connectivity index (χ1n) is 17.2. The number of phosphoric acid groups is 1. The maximum absolute atomic E-state index is 13.1. The van der Waals surface area contributed by atoms with Crippen LogP contribution in [0.5, 0.6) is 0 Å². The molecule has 21 nitrogen and oxygen atoms in total. The largest absolute Gasteiger partial charge is 0.479 e. The number of aliphatic hydroxyl groups is 4. The van der Waals surface area contributed by atoms with Gasteiger partial charge in [0, 0.05) is 13.5 Å². The average molecular weight is 776 g/mol. The van der Waals surface area contributed by atoms with E-state index in [0.717, 1.165) is 39.0 Å². The van der Waals surface area contributed by atoms with E-state index >= 15 is 0 Å². The number of aliphatic hydroxyl groups excluding tert-OH is 4. The highest BCUT2D eigenvalue weighted by Gasteiger charge is 2.56. The van der Waals surface area contributed by atoms with Gasteiger partial charge < -0.3 is 70.9 Å². The molecule has 12 atom stereocenters. The molecule has 0 saturated carbocycles. The number of hydrogen-bond donors (Lipinski definition) is 9. The maximum atomic E-state index is 13.1. The van der Waals surface area contributed by atoms with Gasteiger partial charge in [-0.3, -0.25) is 18.6 Å². The molecular formula is C30H54N3O18P. The van der Waals surface area contributed by atoms with E-state index in [1.807, 2.05) is 0 Å². The van der Waals surface area contributed by atoms with Crippen molar-refractivity contribution in [1.82, 2.24) is 5.32 Å². The van der Waals surface area contributed by atoms with Crippen LogP contribution in [0.2, 0.25) is 0 Å². The van der Waals surface area contributed by atoms with Gasteiger partial charge in [-0.2, -0.15) is 0 Å². The number of unbranched alkanes of at least 4 members (excludes halogenated alkanes) is 9. The molecule has 0 radical (unpaired) electrons. The molecule has 2 heterocycles. The minimum atomic E-state index is -5.42. The van der Waals surface area contributed by atoms with Gasteiger partial charge in [0.05, 0.1) is 13.2 Å². The normalized spacial score (nSPS) is 30.9. The lowest BCUT2D eigenvalue weighted by atomic mass is 9.95. The Morgan fingerprint density at radius 2 is 1.46 bits per heavy atom. The Balaban J connectivity index is 2.18. The van der Waals surface area contributed by atoms with Gasteiger partial charge in [0.25, 0.3) is 0 Å². The lowest BCUT2D eigenvalue weighted by Gasteiger charge is -2.47. The molecule has 2 aliphatic heterocycles. The molecule has 52 heavy (non-hydrogen) atoms. The molecule has 0 bridgehead atoms. The molecule has 0 spiro atoms. The van der Waals surface area contributed by atoms with E-state index in [2.05, 4.69) is 12.2 Å². The van der Waals surface area contributed by atoms with Crippen LogP contribution in [-0.2, 0) is 51.7 Å². The number of rotatable bonds is 24. The predicted molar refractivity (Wildman–Crippen MR) is 175 cm³/mol. The van der Waals surface area contributed by atoms with Crippen LogP contribution in [0, 0.1) is 0 Å². The summed E-state index contributed by atoms with van der Waals surface area (Å²) in [6.07, 6.45) is -10.8. The summed E-state index contributed by atoms with van der Waals surface area (Å²) in [5, 5.41) is 53.3. The maximum Gasteiger partial charge on any atom is 0.474 e. The summed E-state index contributed by atoms with van der Waals surface area (Å²) < 4.78 is 49.8. The number of carboxylic acid groups (broad SMARTS) is 1. The molecule has 2 saturated heterocycles. The zero-order valence-electron chi connectivity index (χ0n) is 29.2. The molecular weight excluding hydrogens is 721 g/mol. The number of ether oxygens (including phenoxy) is 5. The second kappa shape index (κ2) is 22.6. The molecule has 11 N–H and O–H groups in total. The standard InChI is InChI=1S/C30H54N3O18P/c1-3-4-5-6-7-8-9-10-11-12-13-45-18(27(40)41)15-46-52(43,44)51-29-25(23(50-30(32)42)22(38)24(48-29)26(31)39)49-28-19(33-16(2)35)21(37)20(36)17(14-34)47-28/h17-25,28-29,34,36-38H,3-15H2,1-2H3,(H2,31,39)(H2,32,42)(H,33,35)(H,40,41)(H,43,44)/t17-,18-,19-,20-,21-,22+,23+,24+,25-,28+,29-/m1/s1. The van der Waals surface area contributed by atoms with Crippen LogP contribution < -0.4 is 16.8 Å². The third kappa shape index (κ3) is 14.7. The summed E-state index contributed by atoms with van der Waals surface area (Å²) in [5.41, 5.74) is 10.4. The van der Waals surface area contributed by atoms with E-state index in [1.54, 1.807) is 0 Å². The third-order valence-electron chi connectivity index (χ3n) is 8.31. The minimum Gasteiger partial charge on any atom is -0.479 e. The first-order chi connectivity index (χ1) is 24.5. The van der Waals surface area contributed by atoms with Gasteiger partial charge in [0.1, 0.15) is 30.5 Å². The number of hydrogen-bond acceptors (Lipinski definition) is 16. The predicted octanol–water partition coefficient (Wildman–Crippen LogP) is -1.13. The Bertz CT molecular complexity index is 1180. The Hall–Kier alpha value is -2.53. The second-order valence-corrected chi connectivity index (χ2v) is 13.9. The molecule has 0 aliphatic carbocycles. The monoisotopic (exact) mass is 775 g/mol. The molecule has 1 unspecified atom stereocenters. The number of phosphoric ester groups is 1. The first-order valence-corrected chi connectivity index (χ1v) is 18.7. The van der Waals surface area contributed by atoms with Crippen LogP contribution in [-0.4, -0.2) is 142 Å². The fraction of sp³-hybridized carbons (Fsp3) is 0.867. The molecule has 0 aromatic carbocycles. The highest BCUT2D eigenvalue weighted by molar-refractivity contribution is 7.47. The van der Waals surface area contributed by atoms with Crippen LogP contribution in [0.25, 0.3) is 0 Å². The smallest absolute Gasteiger partial charge is 0.474 e. The van der Waals surface area contributed by atoms with E-state index in [-0.39, 0.29) is 6.61 Å². The summed E-state index contributed by atoms with van der Waals surface area (Å²) in [6, 6.07) is -1.63. The SMILES string of the molecule is CCCCCCCCCCCCO[C@H](COP(=O)(O)O[C@H]1O[C@H](C(N)=O)[C@@H](O)[C@H](OC(N)=O)[C@H]1O[C@@H]1O[C@H](CO)[C@@H](O)[C@H](O)[C@H]1NC(C)=O)C(=O)O. The molecule has 302 valence electrons. The van der Waals surface area contributed by atoms with Crippen LogP contribution in [0.15, 0.2) is 0 Å². The molecule has 22 heteroatoms. The number of nitrogens with one attached hydrogen (secondary N) is 1. The summed E-state index contributed by atoms with van der Waals surface area (Å²) in [7, 11) is -5.42. The van der Waals surface area contributed by atoms with Gasteiger partial charge >= 0.3 is 19.9 Å². The summed E-state index contributed by atoms with van der Waals surface area (Å²) in [6.45, 7) is 1.30. The van der Waals surface area contributed by atoms with E-state index < -0.39 is 112 Å². The van der Waals surface area contributed by atoms with Crippen molar-refractivity contribution in [2.45, 2.75) is 146 Å². The Labute approximate surface area is 300 Å². The fourth-order valence-corrected chi connectivity index (χ4v) is 6.44. The Kier molecular flexibility index (Phi) is 19.9. The number of carbonyl (C=O) groups excluding carboxylic acids is 3. The van der Waals surface area contributed by atoms with Crippen LogP contribution in [0.3, 0.4) is 0 Å². The van der Waals surface area contributed by atoms with Crippen LogP contribution >= 0.6 is 7.82 Å². The summed E-state index contributed by atoms with van der Waals surface area (Å²) in [4.78, 5) is 58.3. The molecule has 2 rings (SSSR count). The van der Waals surface area contributed by atoms with E-state index in [4.69, 9.17) is 44.2 Å². The quantitative estimate of drug-likeness (QED) is 0.0414. The van der Waals surface area contributed by atoms with Crippen molar-refractivity contribution < 1.29 is 86.9 Å². The van der Waals surface area contributed by atoms with Gasteiger partial charge in [-0.1, -0.05) is 64.7 Å². The van der Waals surface area contributed by atoms with Crippen molar-refractivity contribution in [2.24, 2.45) is 11.5 Å². The first kappa shape index (κ1) is 45.6. The number of primary amides is 2. The molecule has 2 fully saturated rings. The van der Waals surface area contributed by atoms with Crippen molar-refractivity contribution in [1.29, 1.82) is 0 Å². The average Bonchev–Trinajstić information content (AvgIpc) is 3.06. The van der Waals surface area contributed by atoms with Crippen molar-refractivity contribution in [3.8, 4) is 0 Å². The number of aliphatic carboxylic acids is 1. The number of amides is 3.